The van der Waals surface area contributed by atoms with Crippen molar-refractivity contribution in [2.45, 2.75) is 44.6 Å². The molecule has 1 heterocycles. The van der Waals surface area contributed by atoms with Crippen LogP contribution in [0.25, 0.3) is 0 Å². The minimum Gasteiger partial charge on any atom is -0.494 e. The summed E-state index contributed by atoms with van der Waals surface area (Å²) in [5.41, 5.74) is 3.44. The van der Waals surface area contributed by atoms with Crippen molar-refractivity contribution in [2.75, 3.05) is 33.5 Å². The van der Waals surface area contributed by atoms with Gasteiger partial charge < -0.3 is 14.4 Å². The first-order valence-electron chi connectivity index (χ1n) is 13.5. The summed E-state index contributed by atoms with van der Waals surface area (Å²) in [4.78, 5) is 15.9. The summed E-state index contributed by atoms with van der Waals surface area (Å²) in [7, 11) is 4.30. The molecule has 0 aliphatic carbocycles. The summed E-state index contributed by atoms with van der Waals surface area (Å²) in [6.45, 7) is 1.90. The van der Waals surface area contributed by atoms with E-state index in [0.717, 1.165) is 23.0 Å². The highest BCUT2D eigenvalue weighted by atomic mass is 35.5. The van der Waals surface area contributed by atoms with Gasteiger partial charge in [-0.25, -0.2) is 12.9 Å². The number of hydrogen-bond acceptors (Lipinski definition) is 5. The molecule has 2 unspecified atom stereocenters. The fourth-order valence-corrected chi connectivity index (χ4v) is 7.11. The molecule has 1 aliphatic heterocycles. The molecule has 0 N–H and O–H groups in total. The second-order valence-electron chi connectivity index (χ2n) is 10.6. The number of hydrogen-bond donors (Lipinski definition) is 0. The van der Waals surface area contributed by atoms with Crippen molar-refractivity contribution in [3.63, 3.8) is 0 Å². The summed E-state index contributed by atoms with van der Waals surface area (Å²) < 4.78 is 35.0. The third-order valence-corrected chi connectivity index (χ3v) is 9.37. The van der Waals surface area contributed by atoms with E-state index in [2.05, 4.69) is 15.9 Å². The van der Waals surface area contributed by atoms with Crippen molar-refractivity contribution in [3.8, 4) is 5.75 Å². The number of ether oxygens (including phenoxy) is 1. The summed E-state index contributed by atoms with van der Waals surface area (Å²) in [6.07, 6.45) is 2.17. The van der Waals surface area contributed by atoms with Crippen LogP contribution in [-0.2, 0) is 41.8 Å². The molecule has 0 radical (unpaired) electrons. The van der Waals surface area contributed by atoms with Crippen LogP contribution < -0.4 is 4.74 Å². The van der Waals surface area contributed by atoms with E-state index in [9.17, 15) is 9.00 Å². The lowest BCUT2D eigenvalue weighted by Gasteiger charge is -2.34. The molecular formula is C31H36Cl2FN3O3S. The van der Waals surface area contributed by atoms with Gasteiger partial charge in [-0.1, -0.05) is 59.6 Å². The van der Waals surface area contributed by atoms with Gasteiger partial charge in [-0.2, -0.15) is 0 Å². The van der Waals surface area contributed by atoms with Gasteiger partial charge in [-0.15, -0.1) is 0 Å². The molecule has 0 amide bonds. The van der Waals surface area contributed by atoms with Gasteiger partial charge in [-0.3, -0.25) is 4.90 Å². The Labute approximate surface area is 254 Å². The van der Waals surface area contributed by atoms with Crippen LogP contribution in [0.3, 0.4) is 0 Å². The maximum atomic E-state index is 15.5. The van der Waals surface area contributed by atoms with Gasteiger partial charge in [0, 0.05) is 53.6 Å². The maximum absolute atomic E-state index is 15.5. The molecule has 220 valence electrons. The van der Waals surface area contributed by atoms with Gasteiger partial charge in [0.05, 0.1) is 24.1 Å². The van der Waals surface area contributed by atoms with Crippen molar-refractivity contribution in [1.29, 1.82) is 0 Å². The van der Waals surface area contributed by atoms with Crippen LogP contribution in [0.1, 0.15) is 28.7 Å². The smallest absolute Gasteiger partial charge is 0.171 e. The number of rotatable bonds is 13. The van der Waals surface area contributed by atoms with Crippen LogP contribution in [0.15, 0.2) is 60.7 Å². The van der Waals surface area contributed by atoms with Gasteiger partial charge >= 0.3 is 0 Å². The monoisotopic (exact) mass is 619 g/mol. The summed E-state index contributed by atoms with van der Waals surface area (Å²) in [6, 6.07) is 18.7. The minimum atomic E-state index is -1.18. The van der Waals surface area contributed by atoms with Gasteiger partial charge in [0.15, 0.2) is 11.6 Å². The van der Waals surface area contributed by atoms with Gasteiger partial charge in [0.2, 0.25) is 0 Å². The summed E-state index contributed by atoms with van der Waals surface area (Å²) >= 11 is 12.9. The molecule has 4 rings (SSSR count). The van der Waals surface area contributed by atoms with Crippen molar-refractivity contribution in [3.05, 3.63) is 98.8 Å². The third-order valence-electron chi connectivity index (χ3n) is 7.28. The lowest BCUT2D eigenvalue weighted by atomic mass is 10.0. The van der Waals surface area contributed by atoms with Crippen molar-refractivity contribution >= 4 is 40.5 Å². The number of carbonyl (C=O) groups is 1. The maximum Gasteiger partial charge on any atom is 0.171 e. The number of likely N-dealkylation sites (N-methyl/N-ethyl adjacent to an activating group) is 1. The largest absolute Gasteiger partial charge is 0.494 e. The lowest BCUT2D eigenvalue weighted by Crippen LogP contribution is -2.43. The molecule has 0 saturated carbocycles. The van der Waals surface area contributed by atoms with Crippen LogP contribution in [-0.4, -0.2) is 70.2 Å². The predicted molar refractivity (Wildman–Crippen MR) is 164 cm³/mol. The van der Waals surface area contributed by atoms with Gasteiger partial charge in [0.25, 0.3) is 0 Å². The molecule has 3 atom stereocenters. The van der Waals surface area contributed by atoms with Crippen molar-refractivity contribution in [1.82, 2.24) is 14.1 Å². The second-order valence-corrected chi connectivity index (χ2v) is 13.0. The predicted octanol–water partition coefficient (Wildman–Crippen LogP) is 5.75. The topological polar surface area (TPSA) is 53.1 Å². The van der Waals surface area contributed by atoms with E-state index >= 15 is 4.39 Å². The van der Waals surface area contributed by atoms with E-state index in [1.54, 1.807) is 10.4 Å². The van der Waals surface area contributed by atoms with Crippen LogP contribution in [0.2, 0.25) is 10.0 Å². The fourth-order valence-electron chi connectivity index (χ4n) is 5.26. The molecule has 6 nitrogen and oxygen atoms in total. The Morgan fingerprint density at radius 2 is 1.80 bits per heavy atom. The highest BCUT2D eigenvalue weighted by molar-refractivity contribution is 7.82. The molecule has 3 aromatic rings. The highest BCUT2D eigenvalue weighted by Gasteiger charge is 2.31. The van der Waals surface area contributed by atoms with E-state index in [1.165, 1.54) is 13.2 Å². The molecule has 1 saturated heterocycles. The van der Waals surface area contributed by atoms with E-state index in [0.29, 0.717) is 53.8 Å². The minimum absolute atomic E-state index is 0.0145. The SMILES string of the molecule is COc1ccc(Cl)c(CN(Cc2cccc(CN3C(C=O)CCS3=O)c2)[C@@H](Cc2cccc(Cl)c2)CN(C)C)c1F. The molecule has 0 aromatic heterocycles. The zero-order chi connectivity index (χ0) is 29.5. The third kappa shape index (κ3) is 8.37. The van der Waals surface area contributed by atoms with E-state index in [-0.39, 0.29) is 24.4 Å². The Hall–Kier alpha value is -2.33. The van der Waals surface area contributed by atoms with Gasteiger partial charge in [0.1, 0.15) is 6.29 Å². The highest BCUT2D eigenvalue weighted by Crippen LogP contribution is 2.30. The first-order chi connectivity index (χ1) is 19.7. The average Bonchev–Trinajstić information content (AvgIpc) is 3.29. The molecule has 0 spiro atoms. The standard InChI is InChI=1S/C31H36Cl2FN3O3S/c1-35(2)19-27(16-22-6-5-9-25(32)15-22)36(20-28-29(33)10-11-30(40-3)31(28)34)17-23-7-4-8-24(14-23)18-37-26(21-38)12-13-41(37)39/h4-11,14-15,21,26-27H,12-13,16-20H2,1-3H3/t26?,27-,41?/m0/s1. The lowest BCUT2D eigenvalue weighted by molar-refractivity contribution is -0.110. The van der Waals surface area contributed by atoms with Crippen LogP contribution in [0, 0.1) is 5.82 Å². The number of carbonyl (C=O) groups excluding carboxylic acids is 1. The summed E-state index contributed by atoms with van der Waals surface area (Å²) in [5.74, 6) is 0.176. The molecular weight excluding hydrogens is 584 g/mol. The first-order valence-corrected chi connectivity index (χ1v) is 15.5. The number of nitrogens with zero attached hydrogens (tertiary/aromatic N) is 3. The van der Waals surface area contributed by atoms with Crippen molar-refractivity contribution in [2.24, 2.45) is 0 Å². The van der Waals surface area contributed by atoms with Crippen LogP contribution >= 0.6 is 23.2 Å². The van der Waals surface area contributed by atoms with Gasteiger partial charge in [-0.05, 0) is 67.9 Å². The molecule has 41 heavy (non-hydrogen) atoms. The zero-order valence-corrected chi connectivity index (χ0v) is 25.9. The molecule has 1 fully saturated rings. The van der Waals surface area contributed by atoms with Crippen molar-refractivity contribution < 1.29 is 18.1 Å². The second kappa shape index (κ2) is 14.7. The zero-order valence-electron chi connectivity index (χ0n) is 23.6. The first kappa shape index (κ1) is 31.6. The van der Waals surface area contributed by atoms with E-state index < -0.39 is 16.8 Å². The molecule has 0 bridgehead atoms. The van der Waals surface area contributed by atoms with Crippen LogP contribution in [0.5, 0.6) is 5.75 Å². The van der Waals surface area contributed by atoms with E-state index in [4.69, 9.17) is 27.9 Å². The molecule has 10 heteroatoms. The number of aldehydes is 1. The quantitative estimate of drug-likeness (QED) is 0.228. The molecule has 3 aromatic carbocycles. The summed E-state index contributed by atoms with van der Waals surface area (Å²) in [5, 5.41) is 1.00. The van der Waals surface area contributed by atoms with Crippen LogP contribution in [0.4, 0.5) is 4.39 Å². The Morgan fingerprint density at radius 1 is 1.07 bits per heavy atom. The molecule has 1 aliphatic rings. The Morgan fingerprint density at radius 3 is 2.51 bits per heavy atom. The Bertz CT molecular complexity index is 1380. The Balaban J connectivity index is 1.68. The van der Waals surface area contributed by atoms with E-state index in [1.807, 2.05) is 56.6 Å². The normalized spacial score (nSPS) is 18.2. The number of methoxy groups -OCH3 is 1. The number of benzene rings is 3. The number of halogens is 3. The Kier molecular flexibility index (Phi) is 11.3. The average molecular weight is 621 g/mol. The fraction of sp³-hybridized carbons (Fsp3) is 0.387.